The maximum atomic E-state index is 8.71. The first-order valence-corrected chi connectivity index (χ1v) is 3.52. The first kappa shape index (κ1) is 8.23. The molecule has 0 aromatic carbocycles. The molecule has 0 aliphatic carbocycles. The van der Waals surface area contributed by atoms with Gasteiger partial charge in [-0.05, 0) is 13.0 Å². The molecule has 0 saturated heterocycles. The maximum absolute atomic E-state index is 8.71. The monoisotopic (exact) mass is 155 g/mol. The molecule has 0 radical (unpaired) electrons. The van der Waals surface area contributed by atoms with E-state index in [9.17, 15) is 0 Å². The third kappa shape index (κ3) is 1.58. The van der Waals surface area contributed by atoms with E-state index in [0.717, 1.165) is 11.4 Å². The van der Waals surface area contributed by atoms with Crippen molar-refractivity contribution in [2.45, 2.75) is 13.0 Å². The molecule has 1 atom stereocenters. The molecule has 1 aromatic rings. The first-order chi connectivity index (χ1) is 5.15. The van der Waals surface area contributed by atoms with E-state index in [1.165, 1.54) is 0 Å². The Kier molecular flexibility index (Phi) is 2.26. The fraction of sp³-hybridized carbons (Fsp3) is 0.571. The van der Waals surface area contributed by atoms with E-state index in [-0.39, 0.29) is 12.6 Å². The van der Waals surface area contributed by atoms with Crippen LogP contribution in [0.4, 0.5) is 0 Å². The molecule has 3 N–H and O–H groups in total. The number of aliphatic hydroxyl groups is 1. The molecule has 1 aromatic heterocycles. The van der Waals surface area contributed by atoms with Crippen molar-refractivity contribution in [3.63, 3.8) is 0 Å². The van der Waals surface area contributed by atoms with Crippen molar-refractivity contribution in [1.29, 1.82) is 0 Å². The highest BCUT2D eigenvalue weighted by Crippen LogP contribution is 2.08. The van der Waals surface area contributed by atoms with Gasteiger partial charge in [-0.2, -0.15) is 5.10 Å². The lowest BCUT2D eigenvalue weighted by Crippen LogP contribution is -2.15. The van der Waals surface area contributed by atoms with E-state index >= 15 is 0 Å². The molecule has 1 rings (SSSR count). The molecule has 0 aliphatic heterocycles. The van der Waals surface area contributed by atoms with Crippen LogP contribution in [0.25, 0.3) is 0 Å². The Morgan fingerprint density at radius 3 is 2.82 bits per heavy atom. The summed E-state index contributed by atoms with van der Waals surface area (Å²) >= 11 is 0. The standard InChI is InChI=1S/C7H13N3O/c1-5-3-7(6(8)4-11)9-10(5)2/h3,6,11H,4,8H2,1-2H3/t6-/m0/s1. The van der Waals surface area contributed by atoms with E-state index in [1.54, 1.807) is 4.68 Å². The van der Waals surface area contributed by atoms with Crippen LogP contribution in [-0.4, -0.2) is 21.5 Å². The van der Waals surface area contributed by atoms with Crippen molar-refractivity contribution in [3.8, 4) is 0 Å². The number of aliphatic hydroxyl groups excluding tert-OH is 1. The Labute approximate surface area is 65.6 Å². The SMILES string of the molecule is Cc1cc([C@@H](N)CO)nn1C. The summed E-state index contributed by atoms with van der Waals surface area (Å²) in [7, 11) is 1.85. The number of aryl methyl sites for hydroxylation is 2. The molecule has 11 heavy (non-hydrogen) atoms. The summed E-state index contributed by atoms with van der Waals surface area (Å²) in [4.78, 5) is 0. The van der Waals surface area contributed by atoms with Gasteiger partial charge in [-0.3, -0.25) is 4.68 Å². The van der Waals surface area contributed by atoms with Gasteiger partial charge in [0.05, 0.1) is 18.3 Å². The van der Waals surface area contributed by atoms with E-state index in [0.29, 0.717) is 0 Å². The summed E-state index contributed by atoms with van der Waals surface area (Å²) in [6.45, 7) is 1.89. The van der Waals surface area contributed by atoms with Crippen LogP contribution in [0.15, 0.2) is 6.07 Å². The molecule has 4 nitrogen and oxygen atoms in total. The molecule has 62 valence electrons. The molecule has 0 aliphatic rings. The normalized spacial score (nSPS) is 13.5. The van der Waals surface area contributed by atoms with Crippen LogP contribution in [0.5, 0.6) is 0 Å². The van der Waals surface area contributed by atoms with Crippen LogP contribution < -0.4 is 5.73 Å². The Bertz CT molecular complexity index is 224. The second-order valence-electron chi connectivity index (χ2n) is 2.62. The molecule has 0 fully saturated rings. The number of nitrogens with zero attached hydrogens (tertiary/aromatic N) is 2. The van der Waals surface area contributed by atoms with Crippen molar-refractivity contribution in [2.75, 3.05) is 6.61 Å². The highest BCUT2D eigenvalue weighted by molar-refractivity contribution is 5.11. The minimum absolute atomic E-state index is 0.0591. The summed E-state index contributed by atoms with van der Waals surface area (Å²) in [6, 6.07) is 1.52. The van der Waals surface area contributed by atoms with Crippen LogP contribution in [0.2, 0.25) is 0 Å². The lowest BCUT2D eigenvalue weighted by atomic mass is 10.2. The van der Waals surface area contributed by atoms with Crippen molar-refractivity contribution >= 4 is 0 Å². The van der Waals surface area contributed by atoms with Gasteiger partial charge in [-0.1, -0.05) is 0 Å². The molecular formula is C7H13N3O. The van der Waals surface area contributed by atoms with Gasteiger partial charge in [0.25, 0.3) is 0 Å². The van der Waals surface area contributed by atoms with E-state index in [2.05, 4.69) is 5.10 Å². The van der Waals surface area contributed by atoms with Gasteiger partial charge in [-0.25, -0.2) is 0 Å². The quantitative estimate of drug-likeness (QED) is 0.617. The number of rotatable bonds is 2. The topological polar surface area (TPSA) is 64.1 Å². The zero-order valence-electron chi connectivity index (χ0n) is 6.78. The molecule has 0 amide bonds. The van der Waals surface area contributed by atoms with Crippen LogP contribution in [-0.2, 0) is 7.05 Å². The van der Waals surface area contributed by atoms with E-state index in [4.69, 9.17) is 10.8 Å². The van der Waals surface area contributed by atoms with Crippen LogP contribution in [0.1, 0.15) is 17.4 Å². The largest absolute Gasteiger partial charge is 0.394 e. The van der Waals surface area contributed by atoms with Crippen molar-refractivity contribution in [3.05, 3.63) is 17.5 Å². The maximum Gasteiger partial charge on any atom is 0.0817 e. The number of hydrogen-bond donors (Lipinski definition) is 2. The second-order valence-corrected chi connectivity index (χ2v) is 2.62. The Morgan fingerprint density at radius 2 is 2.45 bits per heavy atom. The molecule has 0 bridgehead atoms. The van der Waals surface area contributed by atoms with Gasteiger partial charge < -0.3 is 10.8 Å². The van der Waals surface area contributed by atoms with Crippen LogP contribution >= 0.6 is 0 Å². The Hall–Kier alpha value is -0.870. The van der Waals surface area contributed by atoms with Crippen LogP contribution in [0, 0.1) is 6.92 Å². The Morgan fingerprint density at radius 1 is 1.82 bits per heavy atom. The van der Waals surface area contributed by atoms with Gasteiger partial charge in [0.2, 0.25) is 0 Å². The third-order valence-corrected chi connectivity index (χ3v) is 1.71. The molecule has 0 unspecified atom stereocenters. The van der Waals surface area contributed by atoms with Crippen molar-refractivity contribution in [2.24, 2.45) is 12.8 Å². The van der Waals surface area contributed by atoms with Gasteiger partial charge in [0, 0.05) is 12.7 Å². The lowest BCUT2D eigenvalue weighted by molar-refractivity contribution is 0.265. The van der Waals surface area contributed by atoms with E-state index in [1.807, 2.05) is 20.0 Å². The Balaban J connectivity index is 2.88. The third-order valence-electron chi connectivity index (χ3n) is 1.71. The van der Waals surface area contributed by atoms with E-state index < -0.39 is 0 Å². The zero-order chi connectivity index (χ0) is 8.43. The van der Waals surface area contributed by atoms with Gasteiger partial charge in [-0.15, -0.1) is 0 Å². The predicted octanol–water partition coefficient (Wildman–Crippen LogP) is -0.279. The summed E-state index contributed by atoms with van der Waals surface area (Å²) < 4.78 is 1.74. The molecule has 0 saturated carbocycles. The average molecular weight is 155 g/mol. The summed E-state index contributed by atoms with van der Waals surface area (Å²) in [5, 5.41) is 12.8. The predicted molar refractivity (Wildman–Crippen MR) is 42.0 cm³/mol. The number of aromatic nitrogens is 2. The highest BCUT2D eigenvalue weighted by atomic mass is 16.3. The number of hydrogen-bond acceptors (Lipinski definition) is 3. The molecule has 4 heteroatoms. The molecule has 0 spiro atoms. The fourth-order valence-electron chi connectivity index (χ4n) is 0.863. The highest BCUT2D eigenvalue weighted by Gasteiger charge is 2.08. The summed E-state index contributed by atoms with van der Waals surface area (Å²) in [6.07, 6.45) is 0. The fourth-order valence-corrected chi connectivity index (χ4v) is 0.863. The number of nitrogens with two attached hydrogens (primary N) is 1. The van der Waals surface area contributed by atoms with Crippen molar-refractivity contribution in [1.82, 2.24) is 9.78 Å². The van der Waals surface area contributed by atoms with Crippen LogP contribution in [0.3, 0.4) is 0 Å². The molecular weight excluding hydrogens is 142 g/mol. The van der Waals surface area contributed by atoms with Gasteiger partial charge in [0.1, 0.15) is 0 Å². The van der Waals surface area contributed by atoms with Gasteiger partial charge in [0.15, 0.2) is 0 Å². The van der Waals surface area contributed by atoms with Gasteiger partial charge >= 0.3 is 0 Å². The first-order valence-electron chi connectivity index (χ1n) is 3.52. The lowest BCUT2D eigenvalue weighted by Gasteiger charge is -2.01. The zero-order valence-corrected chi connectivity index (χ0v) is 6.78. The molecule has 1 heterocycles. The second kappa shape index (κ2) is 3.02. The minimum atomic E-state index is -0.352. The average Bonchev–Trinajstić information content (AvgIpc) is 2.31. The minimum Gasteiger partial charge on any atom is -0.394 e. The summed E-state index contributed by atoms with van der Waals surface area (Å²) in [5.41, 5.74) is 7.34. The van der Waals surface area contributed by atoms with Crippen molar-refractivity contribution < 1.29 is 5.11 Å². The summed E-state index contributed by atoms with van der Waals surface area (Å²) in [5.74, 6) is 0. The smallest absolute Gasteiger partial charge is 0.0817 e.